The van der Waals surface area contributed by atoms with Gasteiger partial charge in [0.05, 0.1) is 23.2 Å². The van der Waals surface area contributed by atoms with Crippen molar-refractivity contribution in [2.45, 2.75) is 32.7 Å². The van der Waals surface area contributed by atoms with Crippen molar-refractivity contribution >= 4 is 39.1 Å². The number of aromatic nitrogens is 2. The van der Waals surface area contributed by atoms with Gasteiger partial charge in [-0.3, -0.25) is 4.79 Å². The van der Waals surface area contributed by atoms with Crippen LogP contribution in [0, 0.1) is 6.92 Å². The Bertz CT molecular complexity index is 978. The number of aryl methyl sites for hydroxylation is 2. The smallest absolute Gasteiger partial charge is 0.248 e. The van der Waals surface area contributed by atoms with E-state index in [9.17, 15) is 13.2 Å². The van der Waals surface area contributed by atoms with Gasteiger partial charge in [-0.05, 0) is 43.5 Å². The quantitative estimate of drug-likeness (QED) is 0.770. The van der Waals surface area contributed by atoms with Crippen LogP contribution in [0.5, 0.6) is 0 Å². The average molecular weight is 408 g/mol. The largest absolute Gasteiger partial charge is 0.323 e. The molecule has 1 aliphatic heterocycles. The Hall–Kier alpha value is -2.12. The average Bonchev–Trinajstić information content (AvgIpc) is 3.12. The van der Waals surface area contributed by atoms with Crippen LogP contribution in [0.4, 0.5) is 5.69 Å². The van der Waals surface area contributed by atoms with Crippen LogP contribution >= 0.6 is 11.6 Å². The number of anilines is 1. The number of rotatable bonds is 5. The summed E-state index contributed by atoms with van der Waals surface area (Å²) in [7, 11) is -3.03. The highest BCUT2D eigenvalue weighted by Gasteiger charge is 2.31. The van der Waals surface area contributed by atoms with Crippen molar-refractivity contribution in [2.24, 2.45) is 0 Å². The lowest BCUT2D eigenvalue weighted by molar-refractivity contribution is -0.111. The third kappa shape index (κ3) is 4.59. The van der Waals surface area contributed by atoms with Gasteiger partial charge < -0.3 is 5.32 Å². The minimum Gasteiger partial charge on any atom is -0.323 e. The first-order valence-corrected chi connectivity index (χ1v) is 11.0. The fourth-order valence-corrected chi connectivity index (χ4v) is 5.17. The lowest BCUT2D eigenvalue weighted by atomic mass is 10.1. The number of nitrogens with zero attached hydrogens (tertiary/aromatic N) is 2. The van der Waals surface area contributed by atoms with Crippen LogP contribution < -0.4 is 5.32 Å². The Kier molecular flexibility index (Phi) is 5.72. The van der Waals surface area contributed by atoms with Crippen LogP contribution in [-0.2, 0) is 21.1 Å². The first-order chi connectivity index (χ1) is 12.8. The van der Waals surface area contributed by atoms with Gasteiger partial charge in [-0.1, -0.05) is 30.7 Å². The summed E-state index contributed by atoms with van der Waals surface area (Å²) >= 11 is 6.40. The third-order valence-corrected chi connectivity index (χ3v) is 6.78. The first kappa shape index (κ1) is 19.6. The van der Waals surface area contributed by atoms with Gasteiger partial charge in [-0.15, -0.1) is 0 Å². The monoisotopic (exact) mass is 407 g/mol. The maximum atomic E-state index is 12.2. The van der Waals surface area contributed by atoms with Crippen molar-refractivity contribution in [2.75, 3.05) is 16.8 Å². The van der Waals surface area contributed by atoms with E-state index >= 15 is 0 Å². The SMILES string of the molecule is CCc1ccc(NC(=O)/C=C/c2c(C)nn([C@@H]3CCS(=O)(=O)C3)c2Cl)cc1. The van der Waals surface area contributed by atoms with Crippen LogP contribution in [0.3, 0.4) is 0 Å². The van der Waals surface area contributed by atoms with Gasteiger partial charge in [0.1, 0.15) is 5.15 Å². The summed E-state index contributed by atoms with van der Waals surface area (Å²) in [6.07, 6.45) is 4.46. The molecule has 3 rings (SSSR count). The van der Waals surface area contributed by atoms with Crippen molar-refractivity contribution in [1.29, 1.82) is 0 Å². The predicted octanol–water partition coefficient (Wildman–Crippen LogP) is 3.42. The van der Waals surface area contributed by atoms with Crippen LogP contribution in [0.1, 0.15) is 36.2 Å². The van der Waals surface area contributed by atoms with E-state index in [-0.39, 0.29) is 23.5 Å². The second-order valence-corrected chi connectivity index (χ2v) is 9.25. The van der Waals surface area contributed by atoms with Gasteiger partial charge in [0, 0.05) is 17.3 Å². The highest BCUT2D eigenvalue weighted by Crippen LogP contribution is 2.30. The Morgan fingerprint density at radius 3 is 2.67 bits per heavy atom. The maximum absolute atomic E-state index is 12.2. The fraction of sp³-hybridized carbons (Fsp3) is 0.368. The molecule has 1 N–H and O–H groups in total. The van der Waals surface area contributed by atoms with Crippen molar-refractivity contribution in [3.8, 4) is 0 Å². The zero-order chi connectivity index (χ0) is 19.6. The Morgan fingerprint density at radius 1 is 1.37 bits per heavy atom. The standard InChI is InChI=1S/C19H22ClN3O3S/c1-3-14-4-6-15(7-5-14)21-18(24)9-8-17-13(2)22-23(19(17)20)16-10-11-27(25,26)12-16/h4-9,16H,3,10-12H2,1-2H3,(H,21,24)/b9-8+/t16-/m1/s1. The number of carbonyl (C=O) groups is 1. The number of sulfone groups is 1. The van der Waals surface area contributed by atoms with E-state index in [1.54, 1.807) is 17.7 Å². The van der Waals surface area contributed by atoms with Crippen LogP contribution in [-0.4, -0.2) is 35.6 Å². The van der Waals surface area contributed by atoms with Gasteiger partial charge in [0.25, 0.3) is 0 Å². The van der Waals surface area contributed by atoms with Crippen molar-refractivity contribution in [3.05, 3.63) is 52.3 Å². The van der Waals surface area contributed by atoms with Gasteiger partial charge in [-0.25, -0.2) is 13.1 Å². The van der Waals surface area contributed by atoms with E-state index < -0.39 is 9.84 Å². The lowest BCUT2D eigenvalue weighted by Crippen LogP contribution is -2.12. The minimum atomic E-state index is -3.03. The number of hydrogen-bond donors (Lipinski definition) is 1. The molecule has 144 valence electrons. The fourth-order valence-electron chi connectivity index (χ4n) is 3.10. The summed E-state index contributed by atoms with van der Waals surface area (Å²) < 4.78 is 24.9. The molecule has 0 radical (unpaired) electrons. The van der Waals surface area contributed by atoms with Crippen molar-refractivity contribution < 1.29 is 13.2 Å². The molecule has 0 aliphatic carbocycles. The molecule has 1 amide bonds. The molecule has 6 nitrogen and oxygen atoms in total. The molecule has 1 fully saturated rings. The van der Waals surface area contributed by atoms with Crippen molar-refractivity contribution in [3.63, 3.8) is 0 Å². The zero-order valence-corrected chi connectivity index (χ0v) is 16.8. The van der Waals surface area contributed by atoms with Crippen molar-refractivity contribution in [1.82, 2.24) is 9.78 Å². The lowest BCUT2D eigenvalue weighted by Gasteiger charge is -2.09. The van der Waals surface area contributed by atoms with Gasteiger partial charge in [-0.2, -0.15) is 5.10 Å². The molecule has 2 heterocycles. The highest BCUT2D eigenvalue weighted by molar-refractivity contribution is 7.91. The minimum absolute atomic E-state index is 0.0469. The number of halogens is 1. The second kappa shape index (κ2) is 7.86. The molecule has 1 aliphatic rings. The maximum Gasteiger partial charge on any atom is 0.248 e. The zero-order valence-electron chi connectivity index (χ0n) is 15.3. The van der Waals surface area contributed by atoms with E-state index in [1.807, 2.05) is 24.3 Å². The molecule has 27 heavy (non-hydrogen) atoms. The topological polar surface area (TPSA) is 81.1 Å². The third-order valence-electron chi connectivity index (χ3n) is 4.66. The Labute approximate surface area is 164 Å². The molecule has 0 spiro atoms. The van der Waals surface area contributed by atoms with Crippen LogP contribution in [0.2, 0.25) is 5.15 Å². The second-order valence-electron chi connectivity index (χ2n) is 6.66. The highest BCUT2D eigenvalue weighted by atomic mass is 35.5. The molecule has 0 unspecified atom stereocenters. The molecule has 1 aromatic heterocycles. The number of nitrogens with one attached hydrogen (secondary N) is 1. The molecule has 8 heteroatoms. The summed E-state index contributed by atoms with van der Waals surface area (Å²) in [5.41, 5.74) is 3.20. The predicted molar refractivity (Wildman–Crippen MR) is 108 cm³/mol. The molecule has 2 aromatic rings. The molecule has 1 atom stereocenters. The van der Waals surface area contributed by atoms with E-state index in [0.717, 1.165) is 12.1 Å². The summed E-state index contributed by atoms with van der Waals surface area (Å²) in [6, 6.07) is 7.41. The molecule has 1 aromatic carbocycles. The number of hydrogen-bond acceptors (Lipinski definition) is 4. The number of benzene rings is 1. The molecular formula is C19H22ClN3O3S. The number of amides is 1. The molecule has 1 saturated heterocycles. The summed E-state index contributed by atoms with van der Waals surface area (Å²) in [5.74, 6) is -0.0753. The normalized spacial score (nSPS) is 18.9. The first-order valence-electron chi connectivity index (χ1n) is 8.82. The summed E-state index contributed by atoms with van der Waals surface area (Å²) in [4.78, 5) is 12.2. The Morgan fingerprint density at radius 2 is 2.07 bits per heavy atom. The Balaban J connectivity index is 1.72. The number of carbonyl (C=O) groups excluding carboxylic acids is 1. The van der Waals surface area contributed by atoms with E-state index in [2.05, 4.69) is 17.3 Å². The van der Waals surface area contributed by atoms with Gasteiger partial charge in [0.15, 0.2) is 9.84 Å². The summed E-state index contributed by atoms with van der Waals surface area (Å²) in [5, 5.41) is 7.53. The molecule has 0 saturated carbocycles. The van der Waals surface area contributed by atoms with E-state index in [1.165, 1.54) is 11.6 Å². The van der Waals surface area contributed by atoms with Crippen LogP contribution in [0.25, 0.3) is 6.08 Å². The van der Waals surface area contributed by atoms with E-state index in [4.69, 9.17) is 11.6 Å². The van der Waals surface area contributed by atoms with Crippen LogP contribution in [0.15, 0.2) is 30.3 Å². The molecular weight excluding hydrogens is 386 g/mol. The molecule has 0 bridgehead atoms. The van der Waals surface area contributed by atoms with Gasteiger partial charge >= 0.3 is 0 Å². The van der Waals surface area contributed by atoms with Gasteiger partial charge in [0.2, 0.25) is 5.91 Å². The summed E-state index contributed by atoms with van der Waals surface area (Å²) in [6.45, 7) is 3.86. The van der Waals surface area contributed by atoms with E-state index in [0.29, 0.717) is 22.8 Å².